The Bertz CT molecular complexity index is 521. The maximum atomic E-state index is 6.00. The molecule has 20 heavy (non-hydrogen) atoms. The highest BCUT2D eigenvalue weighted by Gasteiger charge is 2.09. The first-order valence-electron chi connectivity index (χ1n) is 7.16. The first-order valence-corrected chi connectivity index (χ1v) is 7.97. The van der Waals surface area contributed by atoms with E-state index in [4.69, 9.17) is 4.74 Å². The van der Waals surface area contributed by atoms with Gasteiger partial charge >= 0.3 is 0 Å². The summed E-state index contributed by atoms with van der Waals surface area (Å²) >= 11 is 1.86. The Balaban J connectivity index is 1.92. The summed E-state index contributed by atoms with van der Waals surface area (Å²) in [6, 6.07) is 12.6. The van der Waals surface area contributed by atoms with E-state index >= 15 is 0 Å². The number of thiophene rings is 1. The van der Waals surface area contributed by atoms with Gasteiger partial charge in [0.15, 0.2) is 0 Å². The monoisotopic (exact) mass is 289 g/mol. The molecule has 1 unspecified atom stereocenters. The van der Waals surface area contributed by atoms with Gasteiger partial charge in [0.25, 0.3) is 0 Å². The third-order valence-electron chi connectivity index (χ3n) is 3.38. The zero-order chi connectivity index (χ0) is 14.4. The summed E-state index contributed by atoms with van der Waals surface area (Å²) < 4.78 is 6.00. The van der Waals surface area contributed by atoms with Crippen molar-refractivity contribution in [3.63, 3.8) is 0 Å². The molecule has 2 aromatic rings. The van der Waals surface area contributed by atoms with Crippen LogP contribution in [0.4, 0.5) is 0 Å². The maximum Gasteiger partial charge on any atom is 0.0801 e. The zero-order valence-corrected chi connectivity index (χ0v) is 13.3. The Morgan fingerprint density at radius 2 is 2.00 bits per heavy atom. The molecule has 0 aliphatic carbocycles. The van der Waals surface area contributed by atoms with Crippen LogP contribution in [0.5, 0.6) is 0 Å². The van der Waals surface area contributed by atoms with Crippen molar-refractivity contribution in [1.29, 1.82) is 0 Å². The Kier molecular flexibility index (Phi) is 5.77. The van der Waals surface area contributed by atoms with Crippen molar-refractivity contribution in [2.45, 2.75) is 40.0 Å². The number of benzene rings is 1. The van der Waals surface area contributed by atoms with Gasteiger partial charge in [-0.1, -0.05) is 37.3 Å². The molecule has 1 aromatic heterocycles. The van der Waals surface area contributed by atoms with Crippen molar-refractivity contribution >= 4 is 11.3 Å². The predicted octanol–water partition coefficient (Wildman–Crippen LogP) is 4.44. The quantitative estimate of drug-likeness (QED) is 0.813. The average molecular weight is 289 g/mol. The summed E-state index contributed by atoms with van der Waals surface area (Å²) in [5, 5.41) is 3.37. The maximum absolute atomic E-state index is 6.00. The molecule has 2 rings (SSSR count). The van der Waals surface area contributed by atoms with E-state index in [1.807, 2.05) is 17.4 Å². The predicted molar refractivity (Wildman–Crippen MR) is 86.1 cm³/mol. The molecule has 1 N–H and O–H groups in total. The lowest BCUT2D eigenvalue weighted by atomic mass is 10.1. The van der Waals surface area contributed by atoms with E-state index in [0.29, 0.717) is 6.61 Å². The summed E-state index contributed by atoms with van der Waals surface area (Å²) in [5.74, 6) is 0. The van der Waals surface area contributed by atoms with Crippen molar-refractivity contribution in [3.8, 4) is 0 Å². The Labute approximate surface area is 125 Å². The second-order valence-corrected chi connectivity index (χ2v) is 6.28. The first-order chi connectivity index (χ1) is 9.70. The smallest absolute Gasteiger partial charge is 0.0801 e. The molecule has 0 saturated heterocycles. The first kappa shape index (κ1) is 15.2. The highest BCUT2D eigenvalue weighted by atomic mass is 32.1. The fourth-order valence-corrected chi connectivity index (χ4v) is 3.12. The van der Waals surface area contributed by atoms with Gasteiger partial charge in [0.2, 0.25) is 0 Å². The van der Waals surface area contributed by atoms with Crippen LogP contribution >= 0.6 is 11.3 Å². The molecule has 1 atom stereocenters. The Morgan fingerprint density at radius 1 is 1.25 bits per heavy atom. The molecule has 2 nitrogen and oxygen atoms in total. The summed E-state index contributed by atoms with van der Waals surface area (Å²) in [6.07, 6.45) is 0.132. The lowest BCUT2D eigenvalue weighted by Gasteiger charge is -2.13. The van der Waals surface area contributed by atoms with Gasteiger partial charge in [0.05, 0.1) is 12.7 Å². The molecule has 3 heteroatoms. The third-order valence-corrected chi connectivity index (χ3v) is 4.47. The molecule has 108 valence electrons. The minimum Gasteiger partial charge on any atom is -0.369 e. The van der Waals surface area contributed by atoms with E-state index in [9.17, 15) is 0 Å². The topological polar surface area (TPSA) is 21.3 Å². The number of rotatable bonds is 7. The van der Waals surface area contributed by atoms with Gasteiger partial charge in [-0.25, -0.2) is 0 Å². The molecule has 0 aliphatic rings. The van der Waals surface area contributed by atoms with Crippen LogP contribution in [0.3, 0.4) is 0 Å². The molecular weight excluding hydrogens is 266 g/mol. The molecule has 0 radical (unpaired) electrons. The van der Waals surface area contributed by atoms with Crippen LogP contribution in [0.25, 0.3) is 0 Å². The van der Waals surface area contributed by atoms with Gasteiger partial charge in [0.1, 0.15) is 0 Å². The largest absolute Gasteiger partial charge is 0.369 e. The summed E-state index contributed by atoms with van der Waals surface area (Å²) in [7, 11) is 0. The molecular formula is C17H23NOS. The fraction of sp³-hybridized carbons (Fsp3) is 0.412. The van der Waals surface area contributed by atoms with Crippen molar-refractivity contribution in [2.24, 2.45) is 0 Å². The average Bonchev–Trinajstić information content (AvgIpc) is 2.83. The number of hydrogen-bond donors (Lipinski definition) is 1. The number of aryl methyl sites for hydroxylation is 1. The van der Waals surface area contributed by atoms with Crippen LogP contribution in [0, 0.1) is 6.92 Å². The third kappa shape index (κ3) is 4.17. The summed E-state index contributed by atoms with van der Waals surface area (Å²) in [6.45, 7) is 9.06. The second-order valence-electron chi connectivity index (χ2n) is 4.94. The van der Waals surface area contributed by atoms with Crippen LogP contribution in [0.2, 0.25) is 0 Å². The van der Waals surface area contributed by atoms with Crippen molar-refractivity contribution in [3.05, 3.63) is 57.3 Å². The van der Waals surface area contributed by atoms with E-state index in [1.54, 1.807) is 0 Å². The molecule has 0 saturated carbocycles. The van der Waals surface area contributed by atoms with Gasteiger partial charge < -0.3 is 10.1 Å². The lowest BCUT2D eigenvalue weighted by Crippen LogP contribution is -2.10. The van der Waals surface area contributed by atoms with Crippen molar-refractivity contribution < 1.29 is 4.74 Å². The van der Waals surface area contributed by atoms with E-state index in [-0.39, 0.29) is 6.10 Å². The van der Waals surface area contributed by atoms with Crippen LogP contribution in [-0.4, -0.2) is 6.54 Å². The van der Waals surface area contributed by atoms with Gasteiger partial charge in [-0.3, -0.25) is 0 Å². The van der Waals surface area contributed by atoms with Gasteiger partial charge in [-0.2, -0.15) is 0 Å². The van der Waals surface area contributed by atoms with Gasteiger partial charge in [0, 0.05) is 16.3 Å². The lowest BCUT2D eigenvalue weighted by molar-refractivity contribution is 0.0525. The molecule has 0 fully saturated rings. The minimum atomic E-state index is 0.132. The molecule has 0 aliphatic heterocycles. The van der Waals surface area contributed by atoms with Crippen LogP contribution in [0.15, 0.2) is 36.4 Å². The fourth-order valence-electron chi connectivity index (χ4n) is 2.10. The van der Waals surface area contributed by atoms with E-state index in [2.05, 4.69) is 56.4 Å². The van der Waals surface area contributed by atoms with Crippen molar-refractivity contribution in [1.82, 2.24) is 5.32 Å². The Morgan fingerprint density at radius 3 is 2.70 bits per heavy atom. The number of nitrogens with one attached hydrogen (secondary N) is 1. The molecule has 0 amide bonds. The molecule has 0 spiro atoms. The summed E-state index contributed by atoms with van der Waals surface area (Å²) in [4.78, 5) is 2.74. The van der Waals surface area contributed by atoms with E-state index in [0.717, 1.165) is 13.1 Å². The molecule has 0 bridgehead atoms. The molecule has 1 heterocycles. The van der Waals surface area contributed by atoms with Gasteiger partial charge in [-0.15, -0.1) is 11.3 Å². The Hall–Kier alpha value is -1.16. The van der Waals surface area contributed by atoms with Crippen LogP contribution in [-0.2, 0) is 17.9 Å². The molecule has 1 aromatic carbocycles. The van der Waals surface area contributed by atoms with Gasteiger partial charge in [-0.05, 0) is 37.6 Å². The normalized spacial score (nSPS) is 12.6. The number of hydrogen-bond acceptors (Lipinski definition) is 3. The zero-order valence-electron chi connectivity index (χ0n) is 12.5. The van der Waals surface area contributed by atoms with E-state index in [1.165, 1.54) is 20.9 Å². The van der Waals surface area contributed by atoms with E-state index < -0.39 is 0 Å². The highest BCUT2D eigenvalue weighted by molar-refractivity contribution is 7.12. The second kappa shape index (κ2) is 7.58. The van der Waals surface area contributed by atoms with Crippen LogP contribution in [0.1, 0.15) is 40.8 Å². The SMILES string of the molecule is CCNCc1cc(COC(C)c2ccccc2)c(C)s1. The van der Waals surface area contributed by atoms with Crippen molar-refractivity contribution in [2.75, 3.05) is 6.54 Å². The van der Waals surface area contributed by atoms with Crippen LogP contribution < -0.4 is 5.32 Å². The standard InChI is InChI=1S/C17H23NOS/c1-4-18-11-17-10-16(14(3)20-17)12-19-13(2)15-8-6-5-7-9-15/h5-10,13,18H,4,11-12H2,1-3H3. The number of ether oxygens (including phenoxy) is 1. The minimum absolute atomic E-state index is 0.132. The summed E-state index contributed by atoms with van der Waals surface area (Å²) in [5.41, 5.74) is 2.54. The highest BCUT2D eigenvalue weighted by Crippen LogP contribution is 2.25.